The van der Waals surface area contributed by atoms with Crippen LogP contribution in [-0.4, -0.2) is 68.6 Å². The number of hydrogen-bond donors (Lipinski definition) is 3. The molecule has 2 aromatic carbocycles. The van der Waals surface area contributed by atoms with E-state index in [0.717, 1.165) is 44.6 Å². The summed E-state index contributed by atoms with van der Waals surface area (Å²) < 4.78 is 38.2. The number of carboxylic acid groups (broad SMARTS) is 1. The summed E-state index contributed by atoms with van der Waals surface area (Å²) in [5, 5.41) is 15.7. The van der Waals surface area contributed by atoms with E-state index in [0.29, 0.717) is 42.5 Å². The molecule has 51 heavy (non-hydrogen) atoms. The van der Waals surface area contributed by atoms with Gasteiger partial charge in [-0.05, 0) is 87.0 Å². The lowest BCUT2D eigenvalue weighted by atomic mass is 9.85. The second-order valence-corrected chi connectivity index (χ2v) is 14.3. The first-order valence-electron chi connectivity index (χ1n) is 17.7. The highest BCUT2D eigenvalue weighted by Gasteiger charge is 2.29. The molecular formula is C39H48ClFN2O8. The number of carbonyl (C=O) groups is 3. The fourth-order valence-corrected chi connectivity index (χ4v) is 7.44. The Bertz CT molecular complexity index is 1700. The zero-order valence-electron chi connectivity index (χ0n) is 29.4. The van der Waals surface area contributed by atoms with Gasteiger partial charge in [-0.1, -0.05) is 48.4 Å². The van der Waals surface area contributed by atoms with Crippen molar-refractivity contribution in [2.75, 3.05) is 32.7 Å². The molecule has 2 aliphatic carbocycles. The molecule has 5 rings (SSSR count). The van der Waals surface area contributed by atoms with E-state index >= 15 is 4.39 Å². The van der Waals surface area contributed by atoms with Crippen LogP contribution < -0.4 is 10.6 Å². The monoisotopic (exact) mass is 726 g/mol. The Labute approximate surface area is 303 Å². The number of amides is 2. The standard InChI is InChI=1S/C39H48ClFN2O8/c1-23(21-50-28-11-9-26(10-12-28)39(46)47)14-25(15-24-8-13-35(48-2)36(16-24)49-3)20-42-37(44)18-27-17-31(40)33(19-32(27)41)43-38(45)30-22-51-34-7-5-4-6-29(30)34/h4-7,15,17,19,22-23,25-26,28,35-36H,8-14,16,18,20-21H2,1-3H3,(H,42,44)(H,43,45)(H,46,47)/b24-15-/t23-,25?,26?,28?,35-,36-/m0/s1. The van der Waals surface area contributed by atoms with E-state index in [1.807, 2.05) is 0 Å². The van der Waals surface area contributed by atoms with E-state index in [1.54, 1.807) is 38.5 Å². The molecule has 0 saturated heterocycles. The Kier molecular flexibility index (Phi) is 13.7. The Morgan fingerprint density at radius 3 is 2.55 bits per heavy atom. The van der Waals surface area contributed by atoms with Crippen LogP contribution in [0.5, 0.6) is 0 Å². The van der Waals surface area contributed by atoms with Crippen LogP contribution in [0.25, 0.3) is 11.0 Å². The van der Waals surface area contributed by atoms with Crippen LogP contribution in [0.1, 0.15) is 74.2 Å². The summed E-state index contributed by atoms with van der Waals surface area (Å²) in [5.41, 5.74) is 2.29. The van der Waals surface area contributed by atoms with Crippen LogP contribution in [0, 0.1) is 23.6 Å². The molecule has 2 saturated carbocycles. The summed E-state index contributed by atoms with van der Waals surface area (Å²) in [6.45, 7) is 3.00. The van der Waals surface area contributed by atoms with Gasteiger partial charge in [-0.2, -0.15) is 0 Å². The van der Waals surface area contributed by atoms with E-state index in [1.165, 1.54) is 17.9 Å². The van der Waals surface area contributed by atoms with Gasteiger partial charge < -0.3 is 34.4 Å². The van der Waals surface area contributed by atoms with Crippen LogP contribution in [-0.2, 0) is 30.2 Å². The molecule has 0 bridgehead atoms. The van der Waals surface area contributed by atoms with Gasteiger partial charge in [0.25, 0.3) is 5.91 Å². The Hall–Kier alpha value is -3.77. The predicted octanol–water partition coefficient (Wildman–Crippen LogP) is 7.58. The van der Waals surface area contributed by atoms with Crippen LogP contribution in [0.4, 0.5) is 10.1 Å². The van der Waals surface area contributed by atoms with Gasteiger partial charge >= 0.3 is 5.97 Å². The van der Waals surface area contributed by atoms with E-state index in [4.69, 9.17) is 30.2 Å². The maximum atomic E-state index is 15.3. The summed E-state index contributed by atoms with van der Waals surface area (Å²) >= 11 is 6.45. The van der Waals surface area contributed by atoms with Crippen molar-refractivity contribution in [3.05, 3.63) is 76.3 Å². The summed E-state index contributed by atoms with van der Waals surface area (Å²) in [7, 11) is 3.38. The topological polar surface area (TPSA) is 136 Å². The van der Waals surface area contributed by atoms with Crippen molar-refractivity contribution in [2.24, 2.45) is 17.8 Å². The molecule has 12 heteroatoms. The van der Waals surface area contributed by atoms with Gasteiger partial charge in [0.1, 0.15) is 17.7 Å². The molecular weight excluding hydrogens is 679 g/mol. The average Bonchev–Trinajstić information content (AvgIpc) is 3.56. The number of anilines is 1. The molecule has 1 aromatic heterocycles. The second kappa shape index (κ2) is 18.1. The third kappa shape index (κ3) is 10.4. The average molecular weight is 727 g/mol. The molecule has 3 aromatic rings. The van der Waals surface area contributed by atoms with Crippen molar-refractivity contribution in [3.63, 3.8) is 0 Å². The molecule has 2 fully saturated rings. The van der Waals surface area contributed by atoms with Crippen molar-refractivity contribution in [1.29, 1.82) is 0 Å². The molecule has 1 heterocycles. The SMILES string of the molecule is CO[C@H]1CC/C(=C/C(CNC(=O)Cc2cc(Cl)c(NC(=O)c3coc4ccccc34)cc2F)C[C@H](C)COC2CCC(C(=O)O)CC2)C[C@@H]1OC. The number of carboxylic acids is 1. The maximum Gasteiger partial charge on any atom is 0.306 e. The number of fused-ring (bicyclic) bond motifs is 1. The number of carbonyl (C=O) groups excluding carboxylic acids is 2. The summed E-state index contributed by atoms with van der Waals surface area (Å²) in [6, 6.07) is 9.57. The van der Waals surface area contributed by atoms with Crippen LogP contribution >= 0.6 is 11.6 Å². The van der Waals surface area contributed by atoms with E-state index < -0.39 is 17.7 Å². The number of rotatable bonds is 15. The van der Waals surface area contributed by atoms with Crippen molar-refractivity contribution in [2.45, 2.75) is 83.0 Å². The van der Waals surface area contributed by atoms with Crippen LogP contribution in [0.3, 0.4) is 0 Å². The first kappa shape index (κ1) is 38.5. The molecule has 2 aliphatic rings. The molecule has 1 unspecified atom stereocenters. The molecule has 10 nitrogen and oxygen atoms in total. The minimum Gasteiger partial charge on any atom is -0.481 e. The van der Waals surface area contributed by atoms with Gasteiger partial charge in [0.15, 0.2) is 0 Å². The van der Waals surface area contributed by atoms with Crippen molar-refractivity contribution < 1.29 is 42.5 Å². The first-order valence-corrected chi connectivity index (χ1v) is 18.0. The van der Waals surface area contributed by atoms with E-state index in [-0.39, 0.29) is 64.7 Å². The molecule has 4 atom stereocenters. The van der Waals surface area contributed by atoms with Gasteiger partial charge in [0.2, 0.25) is 5.91 Å². The van der Waals surface area contributed by atoms with Gasteiger partial charge in [-0.3, -0.25) is 14.4 Å². The Morgan fingerprint density at radius 1 is 1.08 bits per heavy atom. The molecule has 2 amide bonds. The second-order valence-electron chi connectivity index (χ2n) is 13.9. The predicted molar refractivity (Wildman–Crippen MR) is 192 cm³/mol. The largest absolute Gasteiger partial charge is 0.481 e. The number of ether oxygens (including phenoxy) is 3. The quantitative estimate of drug-likeness (QED) is 0.136. The number of aliphatic carboxylic acids is 1. The Balaban J connectivity index is 1.19. The third-order valence-electron chi connectivity index (χ3n) is 10.1. The number of furan rings is 1. The zero-order chi connectivity index (χ0) is 36.5. The highest BCUT2D eigenvalue weighted by molar-refractivity contribution is 6.34. The number of benzene rings is 2. The minimum absolute atomic E-state index is 0.00748. The third-order valence-corrected chi connectivity index (χ3v) is 10.4. The molecule has 0 radical (unpaired) electrons. The summed E-state index contributed by atoms with van der Waals surface area (Å²) in [5.74, 6) is -2.37. The molecule has 0 aliphatic heterocycles. The lowest BCUT2D eigenvalue weighted by Crippen LogP contribution is -2.35. The fraction of sp³-hybridized carbons (Fsp3) is 0.513. The van der Waals surface area contributed by atoms with Gasteiger partial charge in [0.05, 0.1) is 46.9 Å². The fourth-order valence-electron chi connectivity index (χ4n) is 7.21. The summed E-state index contributed by atoms with van der Waals surface area (Å²) in [4.78, 5) is 37.4. The minimum atomic E-state index is -0.735. The molecule has 0 spiro atoms. The first-order chi connectivity index (χ1) is 24.5. The van der Waals surface area contributed by atoms with Crippen LogP contribution in [0.15, 0.2) is 58.7 Å². The van der Waals surface area contributed by atoms with Gasteiger partial charge in [0, 0.05) is 32.8 Å². The highest BCUT2D eigenvalue weighted by atomic mass is 35.5. The molecule has 276 valence electrons. The van der Waals surface area contributed by atoms with E-state index in [2.05, 4.69) is 23.6 Å². The number of methoxy groups -OCH3 is 2. The van der Waals surface area contributed by atoms with Gasteiger partial charge in [-0.15, -0.1) is 0 Å². The van der Waals surface area contributed by atoms with E-state index in [9.17, 15) is 19.5 Å². The number of para-hydroxylation sites is 1. The smallest absolute Gasteiger partial charge is 0.306 e. The lowest BCUT2D eigenvalue weighted by molar-refractivity contribution is -0.143. The highest BCUT2D eigenvalue weighted by Crippen LogP contribution is 2.32. The Morgan fingerprint density at radius 2 is 1.82 bits per heavy atom. The van der Waals surface area contributed by atoms with Gasteiger partial charge in [-0.25, -0.2) is 4.39 Å². The lowest BCUT2D eigenvalue weighted by Gasteiger charge is -2.32. The maximum absolute atomic E-state index is 15.3. The van der Waals surface area contributed by atoms with Crippen molar-refractivity contribution >= 4 is 46.0 Å². The normalized spacial score (nSPS) is 22.8. The van der Waals surface area contributed by atoms with Crippen molar-refractivity contribution in [3.8, 4) is 0 Å². The number of hydrogen-bond acceptors (Lipinski definition) is 7. The van der Waals surface area contributed by atoms with Crippen molar-refractivity contribution in [1.82, 2.24) is 5.32 Å². The summed E-state index contributed by atoms with van der Waals surface area (Å²) in [6.07, 6.45) is 9.30. The number of halogens is 2. The zero-order valence-corrected chi connectivity index (χ0v) is 30.2. The molecule has 3 N–H and O–H groups in total. The number of nitrogens with one attached hydrogen (secondary N) is 2. The van der Waals surface area contributed by atoms with Crippen LogP contribution in [0.2, 0.25) is 5.02 Å².